The van der Waals surface area contributed by atoms with E-state index >= 15 is 0 Å². The highest BCUT2D eigenvalue weighted by Crippen LogP contribution is 2.44. The SMILES string of the molecule is CC1(C)CCCCC1n1nnc2cccc(C(=O)O)c21. The molecule has 20 heavy (non-hydrogen) atoms. The first-order valence-electron chi connectivity index (χ1n) is 7.08. The minimum absolute atomic E-state index is 0.116. The zero-order chi connectivity index (χ0) is 14.3. The summed E-state index contributed by atoms with van der Waals surface area (Å²) in [5.74, 6) is -0.923. The minimum Gasteiger partial charge on any atom is -0.478 e. The van der Waals surface area contributed by atoms with Crippen molar-refractivity contribution in [1.82, 2.24) is 15.0 Å². The van der Waals surface area contributed by atoms with E-state index in [1.165, 1.54) is 6.42 Å². The number of fused-ring (bicyclic) bond motifs is 1. The van der Waals surface area contributed by atoms with E-state index in [0.717, 1.165) is 19.3 Å². The smallest absolute Gasteiger partial charge is 0.337 e. The Hall–Kier alpha value is -1.91. The number of hydrogen-bond donors (Lipinski definition) is 1. The Bertz CT molecular complexity index is 660. The molecule has 5 heteroatoms. The van der Waals surface area contributed by atoms with Gasteiger partial charge in [0.1, 0.15) is 11.0 Å². The standard InChI is InChI=1S/C15H19N3O2/c1-15(2)9-4-3-8-12(15)18-13-10(14(19)20)6-5-7-11(13)16-17-18/h5-7,12H,3-4,8-9H2,1-2H3,(H,19,20). The summed E-state index contributed by atoms with van der Waals surface area (Å²) >= 11 is 0. The highest BCUT2D eigenvalue weighted by atomic mass is 16.4. The Morgan fingerprint density at radius 3 is 2.90 bits per heavy atom. The largest absolute Gasteiger partial charge is 0.478 e. The topological polar surface area (TPSA) is 68.0 Å². The normalized spacial score (nSPS) is 22.0. The average Bonchev–Trinajstić information content (AvgIpc) is 2.81. The summed E-state index contributed by atoms with van der Waals surface area (Å²) in [7, 11) is 0. The Morgan fingerprint density at radius 1 is 1.40 bits per heavy atom. The Balaban J connectivity index is 2.19. The number of carboxylic acid groups (broad SMARTS) is 1. The monoisotopic (exact) mass is 273 g/mol. The molecule has 1 aromatic carbocycles. The van der Waals surface area contributed by atoms with Crippen LogP contribution in [-0.2, 0) is 0 Å². The van der Waals surface area contributed by atoms with Gasteiger partial charge in [0.05, 0.1) is 11.6 Å². The van der Waals surface area contributed by atoms with E-state index in [-0.39, 0.29) is 17.0 Å². The van der Waals surface area contributed by atoms with Crippen LogP contribution in [0.3, 0.4) is 0 Å². The molecule has 0 bridgehead atoms. The van der Waals surface area contributed by atoms with Crippen LogP contribution in [0.4, 0.5) is 0 Å². The molecule has 1 heterocycles. The summed E-state index contributed by atoms with van der Waals surface area (Å²) in [4.78, 5) is 11.4. The molecule has 5 nitrogen and oxygen atoms in total. The minimum atomic E-state index is -0.923. The number of para-hydroxylation sites is 1. The van der Waals surface area contributed by atoms with Gasteiger partial charge in [0, 0.05) is 0 Å². The van der Waals surface area contributed by atoms with Crippen LogP contribution in [0.25, 0.3) is 11.0 Å². The van der Waals surface area contributed by atoms with Gasteiger partial charge in [-0.3, -0.25) is 0 Å². The molecule has 1 N–H and O–H groups in total. The zero-order valence-corrected chi connectivity index (χ0v) is 11.8. The summed E-state index contributed by atoms with van der Waals surface area (Å²) in [5, 5.41) is 17.8. The van der Waals surface area contributed by atoms with Crippen LogP contribution in [-0.4, -0.2) is 26.1 Å². The van der Waals surface area contributed by atoms with Crippen LogP contribution in [0.2, 0.25) is 0 Å². The average molecular weight is 273 g/mol. The second-order valence-electron chi connectivity index (χ2n) is 6.26. The van der Waals surface area contributed by atoms with Crippen LogP contribution in [0, 0.1) is 5.41 Å². The van der Waals surface area contributed by atoms with E-state index in [9.17, 15) is 9.90 Å². The van der Waals surface area contributed by atoms with Crippen molar-refractivity contribution in [3.8, 4) is 0 Å². The predicted molar refractivity (Wildman–Crippen MR) is 75.8 cm³/mol. The summed E-state index contributed by atoms with van der Waals surface area (Å²) in [6, 6.07) is 5.37. The molecule has 0 amide bonds. The molecule has 0 spiro atoms. The van der Waals surface area contributed by atoms with Gasteiger partial charge in [-0.25, -0.2) is 9.48 Å². The molecule has 1 aromatic heterocycles. The quantitative estimate of drug-likeness (QED) is 0.911. The molecule has 106 valence electrons. The number of rotatable bonds is 2. The van der Waals surface area contributed by atoms with Crippen molar-refractivity contribution in [2.75, 3.05) is 0 Å². The van der Waals surface area contributed by atoms with Crippen molar-refractivity contribution < 1.29 is 9.90 Å². The molecule has 3 rings (SSSR count). The van der Waals surface area contributed by atoms with Gasteiger partial charge < -0.3 is 5.11 Å². The molecular formula is C15H19N3O2. The number of benzene rings is 1. The third kappa shape index (κ3) is 1.97. The molecule has 1 fully saturated rings. The fourth-order valence-electron chi connectivity index (χ4n) is 3.31. The highest BCUT2D eigenvalue weighted by molar-refractivity contribution is 6.00. The zero-order valence-electron chi connectivity index (χ0n) is 11.8. The van der Waals surface area contributed by atoms with Gasteiger partial charge in [-0.05, 0) is 30.4 Å². The van der Waals surface area contributed by atoms with Gasteiger partial charge in [-0.2, -0.15) is 0 Å². The third-order valence-corrected chi connectivity index (χ3v) is 4.47. The molecule has 2 aromatic rings. The lowest BCUT2D eigenvalue weighted by Gasteiger charge is -2.38. The van der Waals surface area contributed by atoms with E-state index in [4.69, 9.17) is 0 Å². The van der Waals surface area contributed by atoms with E-state index in [1.807, 2.05) is 10.7 Å². The van der Waals surface area contributed by atoms with Gasteiger partial charge in [0.2, 0.25) is 0 Å². The van der Waals surface area contributed by atoms with Crippen molar-refractivity contribution in [2.24, 2.45) is 5.41 Å². The molecular weight excluding hydrogens is 254 g/mol. The summed E-state index contributed by atoms with van der Waals surface area (Å²) < 4.78 is 1.85. The van der Waals surface area contributed by atoms with Gasteiger partial charge in [-0.1, -0.05) is 38.0 Å². The number of aromatic nitrogens is 3. The van der Waals surface area contributed by atoms with Crippen LogP contribution in [0.1, 0.15) is 55.9 Å². The van der Waals surface area contributed by atoms with Crippen molar-refractivity contribution in [3.05, 3.63) is 23.8 Å². The molecule has 0 saturated heterocycles. The van der Waals surface area contributed by atoms with Crippen molar-refractivity contribution in [1.29, 1.82) is 0 Å². The van der Waals surface area contributed by atoms with Crippen LogP contribution in [0.5, 0.6) is 0 Å². The third-order valence-electron chi connectivity index (χ3n) is 4.47. The van der Waals surface area contributed by atoms with Crippen molar-refractivity contribution >= 4 is 17.0 Å². The number of aromatic carboxylic acids is 1. The number of carboxylic acids is 1. The molecule has 0 radical (unpaired) electrons. The van der Waals surface area contributed by atoms with E-state index in [2.05, 4.69) is 24.2 Å². The molecule has 1 aliphatic carbocycles. The van der Waals surface area contributed by atoms with Crippen LogP contribution < -0.4 is 0 Å². The van der Waals surface area contributed by atoms with Crippen LogP contribution in [0.15, 0.2) is 18.2 Å². The molecule has 1 saturated carbocycles. The van der Waals surface area contributed by atoms with E-state index in [0.29, 0.717) is 11.0 Å². The maximum absolute atomic E-state index is 11.4. The highest BCUT2D eigenvalue weighted by Gasteiger charge is 2.35. The summed E-state index contributed by atoms with van der Waals surface area (Å²) in [6.45, 7) is 4.46. The van der Waals surface area contributed by atoms with Crippen LogP contribution >= 0.6 is 0 Å². The van der Waals surface area contributed by atoms with Gasteiger partial charge >= 0.3 is 5.97 Å². The first kappa shape index (κ1) is 13.1. The maximum atomic E-state index is 11.4. The second kappa shape index (κ2) is 4.58. The molecule has 0 aliphatic heterocycles. The first-order chi connectivity index (χ1) is 9.50. The van der Waals surface area contributed by atoms with Crippen molar-refractivity contribution in [3.63, 3.8) is 0 Å². The number of hydrogen-bond acceptors (Lipinski definition) is 3. The van der Waals surface area contributed by atoms with Gasteiger partial charge in [0.15, 0.2) is 0 Å². The maximum Gasteiger partial charge on any atom is 0.337 e. The Morgan fingerprint density at radius 2 is 2.20 bits per heavy atom. The number of nitrogens with zero attached hydrogens (tertiary/aromatic N) is 3. The van der Waals surface area contributed by atoms with E-state index in [1.54, 1.807) is 12.1 Å². The first-order valence-corrected chi connectivity index (χ1v) is 7.08. The fraction of sp³-hybridized carbons (Fsp3) is 0.533. The second-order valence-corrected chi connectivity index (χ2v) is 6.26. The molecule has 1 aliphatic rings. The Labute approximate surface area is 117 Å². The van der Waals surface area contributed by atoms with Crippen molar-refractivity contribution in [2.45, 2.75) is 45.6 Å². The Kier molecular flexibility index (Phi) is 3.00. The molecule has 1 atom stereocenters. The summed E-state index contributed by atoms with van der Waals surface area (Å²) in [5.41, 5.74) is 1.71. The van der Waals surface area contributed by atoms with E-state index < -0.39 is 5.97 Å². The van der Waals surface area contributed by atoms with Gasteiger partial charge in [-0.15, -0.1) is 5.10 Å². The van der Waals surface area contributed by atoms with Gasteiger partial charge in [0.25, 0.3) is 0 Å². The summed E-state index contributed by atoms with van der Waals surface area (Å²) in [6.07, 6.45) is 4.54. The lowest BCUT2D eigenvalue weighted by molar-refractivity contribution is 0.0697. The lowest BCUT2D eigenvalue weighted by atomic mass is 9.73. The lowest BCUT2D eigenvalue weighted by Crippen LogP contribution is -2.31. The predicted octanol–water partition coefficient (Wildman–Crippen LogP) is 3.27. The number of carbonyl (C=O) groups is 1. The molecule has 1 unspecified atom stereocenters. The fourth-order valence-corrected chi connectivity index (χ4v) is 3.31.